The van der Waals surface area contributed by atoms with Crippen molar-refractivity contribution in [1.82, 2.24) is 0 Å². The Kier molecular flexibility index (Phi) is 0.797. The molecule has 0 aromatic rings. The lowest BCUT2D eigenvalue weighted by atomic mass is 10.0. The second-order valence-corrected chi connectivity index (χ2v) is 4.42. The molecule has 2 N–H and O–H groups in total. The summed E-state index contributed by atoms with van der Waals surface area (Å²) in [5, 5.41) is 0. The Hall–Kier alpha value is -0.0400. The Morgan fingerprint density at radius 1 is 1.00 bits per heavy atom. The first-order valence-electron chi connectivity index (χ1n) is 4.62. The first kappa shape index (κ1) is 5.59. The van der Waals surface area contributed by atoms with Gasteiger partial charge in [0.05, 0.1) is 0 Å². The molecule has 0 saturated heterocycles. The fraction of sp³-hybridized carbons (Fsp3) is 1.00. The molecule has 0 aliphatic heterocycles. The summed E-state index contributed by atoms with van der Waals surface area (Å²) in [5.74, 6) is 2.86. The van der Waals surface area contributed by atoms with Gasteiger partial charge in [0.1, 0.15) is 0 Å². The fourth-order valence-corrected chi connectivity index (χ4v) is 3.24. The SMILES string of the molecule is NC1(C2CC2)C2CCCC21. The van der Waals surface area contributed by atoms with Gasteiger partial charge in [0.25, 0.3) is 0 Å². The number of hydrogen-bond acceptors (Lipinski definition) is 1. The van der Waals surface area contributed by atoms with Gasteiger partial charge in [-0.1, -0.05) is 6.42 Å². The molecule has 10 heavy (non-hydrogen) atoms. The van der Waals surface area contributed by atoms with E-state index in [1.54, 1.807) is 0 Å². The molecule has 3 fully saturated rings. The van der Waals surface area contributed by atoms with Crippen LogP contribution in [0.15, 0.2) is 0 Å². The van der Waals surface area contributed by atoms with E-state index >= 15 is 0 Å². The molecular weight excluding hydrogens is 122 g/mol. The van der Waals surface area contributed by atoms with Crippen molar-refractivity contribution >= 4 is 0 Å². The molecule has 3 aliphatic rings. The highest BCUT2D eigenvalue weighted by atomic mass is 14.9. The van der Waals surface area contributed by atoms with E-state index in [4.69, 9.17) is 5.73 Å². The van der Waals surface area contributed by atoms with Gasteiger partial charge in [0, 0.05) is 5.54 Å². The summed E-state index contributed by atoms with van der Waals surface area (Å²) >= 11 is 0. The maximum atomic E-state index is 6.30. The van der Waals surface area contributed by atoms with Crippen molar-refractivity contribution in [3.63, 3.8) is 0 Å². The van der Waals surface area contributed by atoms with E-state index in [9.17, 15) is 0 Å². The summed E-state index contributed by atoms with van der Waals surface area (Å²) in [7, 11) is 0. The Balaban J connectivity index is 1.83. The zero-order valence-electron chi connectivity index (χ0n) is 6.34. The largest absolute Gasteiger partial charge is 0.324 e. The maximum absolute atomic E-state index is 6.30. The van der Waals surface area contributed by atoms with Crippen molar-refractivity contribution in [1.29, 1.82) is 0 Å². The molecule has 56 valence electrons. The molecule has 1 heteroatoms. The molecule has 3 saturated carbocycles. The number of rotatable bonds is 1. The van der Waals surface area contributed by atoms with Crippen molar-refractivity contribution in [3.8, 4) is 0 Å². The van der Waals surface area contributed by atoms with Crippen LogP contribution in [-0.2, 0) is 0 Å². The van der Waals surface area contributed by atoms with Crippen LogP contribution in [0.5, 0.6) is 0 Å². The molecule has 0 aromatic carbocycles. The maximum Gasteiger partial charge on any atom is 0.0246 e. The summed E-state index contributed by atoms with van der Waals surface area (Å²) in [6.07, 6.45) is 7.21. The minimum Gasteiger partial charge on any atom is -0.324 e. The van der Waals surface area contributed by atoms with E-state index in [-0.39, 0.29) is 0 Å². The minimum absolute atomic E-state index is 0.373. The zero-order valence-corrected chi connectivity index (χ0v) is 6.34. The van der Waals surface area contributed by atoms with Crippen molar-refractivity contribution in [2.45, 2.75) is 37.6 Å². The number of nitrogens with two attached hydrogens (primary N) is 1. The number of hydrogen-bond donors (Lipinski definition) is 1. The van der Waals surface area contributed by atoms with Crippen LogP contribution in [0.3, 0.4) is 0 Å². The Morgan fingerprint density at radius 2 is 1.60 bits per heavy atom. The van der Waals surface area contributed by atoms with E-state index in [0.29, 0.717) is 5.54 Å². The van der Waals surface area contributed by atoms with Crippen molar-refractivity contribution in [3.05, 3.63) is 0 Å². The summed E-state index contributed by atoms with van der Waals surface area (Å²) in [6, 6.07) is 0. The normalized spacial score (nSPS) is 58.5. The minimum atomic E-state index is 0.373. The number of fused-ring (bicyclic) bond motifs is 1. The molecule has 0 heterocycles. The zero-order chi connectivity index (χ0) is 6.77. The van der Waals surface area contributed by atoms with E-state index < -0.39 is 0 Å². The summed E-state index contributed by atoms with van der Waals surface area (Å²) in [5.41, 5.74) is 6.67. The highest BCUT2D eigenvalue weighted by molar-refractivity contribution is 5.23. The highest BCUT2D eigenvalue weighted by Crippen LogP contribution is 2.67. The molecule has 0 bridgehead atoms. The van der Waals surface area contributed by atoms with Gasteiger partial charge in [0.2, 0.25) is 0 Å². The second-order valence-electron chi connectivity index (χ2n) is 4.42. The smallest absolute Gasteiger partial charge is 0.0246 e. The third-order valence-corrected chi connectivity index (χ3v) is 3.98. The average molecular weight is 137 g/mol. The molecule has 0 amide bonds. The fourth-order valence-electron chi connectivity index (χ4n) is 3.24. The van der Waals surface area contributed by atoms with Gasteiger partial charge in [-0.2, -0.15) is 0 Å². The quantitative estimate of drug-likeness (QED) is 0.582. The third kappa shape index (κ3) is 0.460. The van der Waals surface area contributed by atoms with Crippen LogP contribution in [0.1, 0.15) is 32.1 Å². The lowest BCUT2D eigenvalue weighted by Crippen LogP contribution is -2.30. The van der Waals surface area contributed by atoms with Gasteiger partial charge >= 0.3 is 0 Å². The van der Waals surface area contributed by atoms with Gasteiger partial charge in [-0.15, -0.1) is 0 Å². The summed E-state index contributed by atoms with van der Waals surface area (Å²) < 4.78 is 0. The lowest BCUT2D eigenvalue weighted by molar-refractivity contribution is 0.452. The van der Waals surface area contributed by atoms with Crippen LogP contribution in [0.4, 0.5) is 0 Å². The van der Waals surface area contributed by atoms with Gasteiger partial charge in [-0.3, -0.25) is 0 Å². The molecule has 1 nitrogen and oxygen atoms in total. The summed E-state index contributed by atoms with van der Waals surface area (Å²) in [6.45, 7) is 0. The molecule has 3 rings (SSSR count). The van der Waals surface area contributed by atoms with Crippen molar-refractivity contribution in [2.75, 3.05) is 0 Å². The third-order valence-electron chi connectivity index (χ3n) is 3.98. The molecule has 0 spiro atoms. The van der Waals surface area contributed by atoms with E-state index in [0.717, 1.165) is 17.8 Å². The lowest BCUT2D eigenvalue weighted by Gasteiger charge is -2.12. The van der Waals surface area contributed by atoms with Crippen LogP contribution in [0.2, 0.25) is 0 Å². The monoisotopic (exact) mass is 137 g/mol. The molecule has 2 atom stereocenters. The van der Waals surface area contributed by atoms with Gasteiger partial charge in [-0.05, 0) is 43.4 Å². The van der Waals surface area contributed by atoms with Gasteiger partial charge in [0.15, 0.2) is 0 Å². The van der Waals surface area contributed by atoms with Crippen molar-refractivity contribution < 1.29 is 0 Å². The molecule has 3 aliphatic carbocycles. The van der Waals surface area contributed by atoms with Crippen LogP contribution in [0.25, 0.3) is 0 Å². The average Bonchev–Trinajstić information content (AvgIpc) is 2.77. The Bertz CT molecular complexity index is 162. The molecule has 0 aromatic heterocycles. The van der Waals surface area contributed by atoms with Gasteiger partial charge < -0.3 is 5.73 Å². The molecule has 2 unspecified atom stereocenters. The van der Waals surface area contributed by atoms with Crippen LogP contribution >= 0.6 is 0 Å². The second kappa shape index (κ2) is 1.42. The van der Waals surface area contributed by atoms with Crippen molar-refractivity contribution in [2.24, 2.45) is 23.5 Å². The highest BCUT2D eigenvalue weighted by Gasteiger charge is 2.68. The Labute approximate surface area is 62.0 Å². The predicted molar refractivity (Wildman–Crippen MR) is 40.5 cm³/mol. The van der Waals surface area contributed by atoms with Crippen LogP contribution in [0, 0.1) is 17.8 Å². The standard InChI is InChI=1S/C9H15N/c10-9(6-4-5-6)7-2-1-3-8(7)9/h6-8H,1-5,10H2. The summed E-state index contributed by atoms with van der Waals surface area (Å²) in [4.78, 5) is 0. The van der Waals surface area contributed by atoms with E-state index in [1.807, 2.05) is 0 Å². The van der Waals surface area contributed by atoms with E-state index in [2.05, 4.69) is 0 Å². The van der Waals surface area contributed by atoms with Gasteiger partial charge in [-0.25, -0.2) is 0 Å². The Morgan fingerprint density at radius 3 is 2.10 bits per heavy atom. The predicted octanol–water partition coefficient (Wildman–Crippen LogP) is 1.52. The van der Waals surface area contributed by atoms with E-state index in [1.165, 1.54) is 32.1 Å². The molecular formula is C9H15N. The first-order chi connectivity index (χ1) is 4.83. The van der Waals surface area contributed by atoms with Crippen LogP contribution < -0.4 is 5.73 Å². The first-order valence-corrected chi connectivity index (χ1v) is 4.62. The topological polar surface area (TPSA) is 26.0 Å². The van der Waals surface area contributed by atoms with Crippen LogP contribution in [-0.4, -0.2) is 5.54 Å². The molecule has 0 radical (unpaired) electrons.